The van der Waals surface area contributed by atoms with Crippen LogP contribution in [0.25, 0.3) is 0 Å². The molecular formula is C16H13Cl2NO3S. The Morgan fingerprint density at radius 2 is 2.13 bits per heavy atom. The first-order valence-electron chi connectivity index (χ1n) is 7.05. The maximum absolute atomic E-state index is 12.1. The van der Waals surface area contributed by atoms with Crippen molar-refractivity contribution in [2.75, 3.05) is 17.3 Å². The molecule has 2 aromatic rings. The van der Waals surface area contributed by atoms with Gasteiger partial charge in [0.1, 0.15) is 16.5 Å². The predicted molar refractivity (Wildman–Crippen MR) is 92.1 cm³/mol. The summed E-state index contributed by atoms with van der Waals surface area (Å²) in [6.45, 7) is 0.614. The second-order valence-electron chi connectivity index (χ2n) is 5.02. The van der Waals surface area contributed by atoms with Crippen molar-refractivity contribution in [3.63, 3.8) is 0 Å². The Balaban J connectivity index is 1.90. The van der Waals surface area contributed by atoms with Crippen molar-refractivity contribution in [3.05, 3.63) is 45.1 Å². The van der Waals surface area contributed by atoms with Crippen molar-refractivity contribution in [3.8, 4) is 5.75 Å². The lowest BCUT2D eigenvalue weighted by atomic mass is 10.0. The summed E-state index contributed by atoms with van der Waals surface area (Å²) in [5, 5.41) is 2.18. The Hall–Kier alpha value is -1.56. The molecule has 0 saturated heterocycles. The monoisotopic (exact) mass is 369 g/mol. The first-order chi connectivity index (χ1) is 11.1. The Labute approximate surface area is 147 Å². The molecule has 0 N–H and O–H groups in total. The average Bonchev–Trinajstić information content (AvgIpc) is 3.11. The van der Waals surface area contributed by atoms with E-state index in [4.69, 9.17) is 27.9 Å². The van der Waals surface area contributed by atoms with Gasteiger partial charge in [-0.15, -0.1) is 22.9 Å². The summed E-state index contributed by atoms with van der Waals surface area (Å²) in [4.78, 5) is 26.1. The van der Waals surface area contributed by atoms with Crippen LogP contribution in [0.5, 0.6) is 5.75 Å². The van der Waals surface area contributed by atoms with Crippen LogP contribution in [-0.4, -0.2) is 24.3 Å². The summed E-state index contributed by atoms with van der Waals surface area (Å²) in [5.41, 5.74) is 1.55. The molecule has 7 heteroatoms. The fourth-order valence-electron chi connectivity index (χ4n) is 2.57. The van der Waals surface area contributed by atoms with Crippen LogP contribution in [0.4, 0.5) is 5.69 Å². The summed E-state index contributed by atoms with van der Waals surface area (Å²) in [7, 11) is 0. The summed E-state index contributed by atoms with van der Waals surface area (Å²) in [6, 6.07) is 6.85. The number of anilines is 1. The van der Waals surface area contributed by atoms with Gasteiger partial charge in [0.25, 0.3) is 0 Å². The number of carbonyl (C=O) groups is 2. The van der Waals surface area contributed by atoms with E-state index in [1.807, 2.05) is 0 Å². The molecule has 1 aliphatic heterocycles. The van der Waals surface area contributed by atoms with E-state index in [9.17, 15) is 9.59 Å². The summed E-state index contributed by atoms with van der Waals surface area (Å²) < 4.78 is 5.39. The molecule has 0 unspecified atom stereocenters. The van der Waals surface area contributed by atoms with Crippen molar-refractivity contribution in [2.24, 2.45) is 0 Å². The number of amides is 1. The zero-order valence-electron chi connectivity index (χ0n) is 12.1. The van der Waals surface area contributed by atoms with E-state index in [0.29, 0.717) is 22.2 Å². The molecule has 4 nitrogen and oxygen atoms in total. The van der Waals surface area contributed by atoms with E-state index in [2.05, 4.69) is 0 Å². The van der Waals surface area contributed by atoms with Crippen LogP contribution in [0.1, 0.15) is 21.7 Å². The lowest BCUT2D eigenvalue weighted by Crippen LogP contribution is -2.36. The molecule has 1 aromatic heterocycles. The van der Waals surface area contributed by atoms with Crippen molar-refractivity contribution in [1.29, 1.82) is 0 Å². The van der Waals surface area contributed by atoms with Gasteiger partial charge in [0.05, 0.1) is 5.02 Å². The Bertz CT molecular complexity index is 746. The lowest BCUT2D eigenvalue weighted by Gasteiger charge is -2.30. The molecule has 1 aliphatic rings. The standard InChI is InChI=1S/C16H13Cl2NO3S/c17-9-14(20)19-7-1-3-10-11(19)5-6-12(15(10)18)22-16(21)13-4-2-8-23-13/h2,4-6,8H,1,3,7,9H2. The van der Waals surface area contributed by atoms with Crippen molar-refractivity contribution < 1.29 is 14.3 Å². The molecule has 23 heavy (non-hydrogen) atoms. The van der Waals surface area contributed by atoms with Gasteiger partial charge in [-0.05, 0) is 42.0 Å². The molecule has 0 spiro atoms. The van der Waals surface area contributed by atoms with Gasteiger partial charge in [0, 0.05) is 12.2 Å². The first-order valence-corrected chi connectivity index (χ1v) is 8.84. The zero-order chi connectivity index (χ0) is 16.4. The molecule has 0 atom stereocenters. The molecule has 1 aromatic carbocycles. The Kier molecular flexibility index (Phi) is 4.90. The van der Waals surface area contributed by atoms with E-state index in [1.165, 1.54) is 11.3 Å². The van der Waals surface area contributed by atoms with Crippen molar-refractivity contribution in [1.82, 2.24) is 0 Å². The fourth-order valence-corrected chi connectivity index (χ4v) is 3.61. The smallest absolute Gasteiger partial charge is 0.353 e. The number of benzene rings is 1. The Morgan fingerprint density at radius 1 is 1.30 bits per heavy atom. The average molecular weight is 370 g/mol. The number of hydrogen-bond acceptors (Lipinski definition) is 4. The summed E-state index contributed by atoms with van der Waals surface area (Å²) >= 11 is 13.4. The third-order valence-corrected chi connectivity index (χ3v) is 5.12. The van der Waals surface area contributed by atoms with Gasteiger partial charge in [-0.25, -0.2) is 4.79 Å². The highest BCUT2D eigenvalue weighted by Crippen LogP contribution is 2.39. The van der Waals surface area contributed by atoms with Gasteiger partial charge in [0.15, 0.2) is 0 Å². The van der Waals surface area contributed by atoms with E-state index in [1.54, 1.807) is 34.5 Å². The van der Waals surface area contributed by atoms with E-state index < -0.39 is 5.97 Å². The fraction of sp³-hybridized carbons (Fsp3) is 0.250. The second kappa shape index (κ2) is 6.91. The molecular weight excluding hydrogens is 357 g/mol. The minimum atomic E-state index is -0.439. The number of thiophene rings is 1. The molecule has 1 amide bonds. The number of esters is 1. The van der Waals surface area contributed by atoms with Gasteiger partial charge in [-0.3, -0.25) is 4.79 Å². The summed E-state index contributed by atoms with van der Waals surface area (Å²) in [6.07, 6.45) is 1.52. The predicted octanol–water partition coefficient (Wildman–Crippen LogP) is 4.14. The van der Waals surface area contributed by atoms with Crippen LogP contribution in [0.15, 0.2) is 29.6 Å². The SMILES string of the molecule is O=C(Oc1ccc2c(c1Cl)CCCN2C(=O)CCl)c1cccs1. The van der Waals surface area contributed by atoms with Gasteiger partial charge < -0.3 is 9.64 Å². The van der Waals surface area contributed by atoms with Gasteiger partial charge in [-0.2, -0.15) is 0 Å². The van der Waals surface area contributed by atoms with Crippen LogP contribution in [0.3, 0.4) is 0 Å². The number of ether oxygens (including phenoxy) is 1. The molecule has 0 saturated carbocycles. The highest BCUT2D eigenvalue weighted by molar-refractivity contribution is 7.12. The molecule has 2 heterocycles. The molecule has 0 fully saturated rings. The second-order valence-corrected chi connectivity index (χ2v) is 6.62. The van der Waals surface area contributed by atoms with Gasteiger partial charge in [0.2, 0.25) is 5.91 Å². The van der Waals surface area contributed by atoms with Crippen LogP contribution in [0.2, 0.25) is 5.02 Å². The molecule has 120 valence electrons. The maximum Gasteiger partial charge on any atom is 0.353 e. The van der Waals surface area contributed by atoms with Crippen LogP contribution in [0, 0.1) is 0 Å². The van der Waals surface area contributed by atoms with E-state index >= 15 is 0 Å². The molecule has 0 radical (unpaired) electrons. The third kappa shape index (κ3) is 3.22. The quantitative estimate of drug-likeness (QED) is 0.464. The number of alkyl halides is 1. The van der Waals surface area contributed by atoms with Crippen LogP contribution in [-0.2, 0) is 11.2 Å². The van der Waals surface area contributed by atoms with Crippen molar-refractivity contribution >= 4 is 52.1 Å². The highest BCUT2D eigenvalue weighted by Gasteiger charge is 2.26. The number of halogens is 2. The van der Waals surface area contributed by atoms with E-state index in [-0.39, 0.29) is 11.8 Å². The first kappa shape index (κ1) is 16.3. The van der Waals surface area contributed by atoms with Gasteiger partial charge in [-0.1, -0.05) is 17.7 Å². The van der Waals surface area contributed by atoms with Crippen LogP contribution >= 0.6 is 34.5 Å². The maximum atomic E-state index is 12.1. The van der Waals surface area contributed by atoms with Crippen molar-refractivity contribution in [2.45, 2.75) is 12.8 Å². The number of carbonyl (C=O) groups excluding carboxylic acids is 2. The van der Waals surface area contributed by atoms with Gasteiger partial charge >= 0.3 is 5.97 Å². The number of hydrogen-bond donors (Lipinski definition) is 0. The zero-order valence-corrected chi connectivity index (χ0v) is 14.4. The Morgan fingerprint density at radius 3 is 2.83 bits per heavy atom. The number of fused-ring (bicyclic) bond motifs is 1. The molecule has 3 rings (SSSR count). The number of nitrogens with zero attached hydrogens (tertiary/aromatic N) is 1. The largest absolute Gasteiger partial charge is 0.421 e. The van der Waals surface area contributed by atoms with Crippen LogP contribution < -0.4 is 9.64 Å². The molecule has 0 bridgehead atoms. The number of rotatable bonds is 3. The highest BCUT2D eigenvalue weighted by atomic mass is 35.5. The topological polar surface area (TPSA) is 46.6 Å². The molecule has 0 aliphatic carbocycles. The minimum absolute atomic E-state index is 0.0772. The lowest BCUT2D eigenvalue weighted by molar-refractivity contribution is -0.116. The normalized spacial score (nSPS) is 13.6. The third-order valence-electron chi connectivity index (χ3n) is 3.62. The summed E-state index contributed by atoms with van der Waals surface area (Å²) in [5.74, 6) is -0.367. The van der Waals surface area contributed by atoms with E-state index in [0.717, 1.165) is 24.1 Å². The minimum Gasteiger partial charge on any atom is -0.421 e.